The molecule has 19 heavy (non-hydrogen) atoms. The van der Waals surface area contributed by atoms with E-state index in [1.807, 2.05) is 37.1 Å². The van der Waals surface area contributed by atoms with Gasteiger partial charge < -0.3 is 10.6 Å². The van der Waals surface area contributed by atoms with Crippen LogP contribution in [0.3, 0.4) is 0 Å². The van der Waals surface area contributed by atoms with Crippen LogP contribution in [-0.4, -0.2) is 23.9 Å². The average Bonchev–Trinajstić information content (AvgIpc) is 2.41. The van der Waals surface area contributed by atoms with Crippen LogP contribution >= 0.6 is 0 Å². The molecular weight excluding hydrogens is 236 g/mol. The van der Waals surface area contributed by atoms with E-state index in [2.05, 4.69) is 6.92 Å². The molecule has 0 spiro atoms. The molecule has 3 nitrogen and oxygen atoms in total. The van der Waals surface area contributed by atoms with Crippen LogP contribution in [0.2, 0.25) is 0 Å². The number of hydrogen-bond acceptors (Lipinski definition) is 2. The number of nitrogens with two attached hydrogens (primary N) is 1. The summed E-state index contributed by atoms with van der Waals surface area (Å²) in [7, 11) is 1.93. The lowest BCUT2D eigenvalue weighted by Crippen LogP contribution is -2.42. The average molecular weight is 260 g/mol. The first-order valence-electron chi connectivity index (χ1n) is 7.14. The topological polar surface area (TPSA) is 46.3 Å². The van der Waals surface area contributed by atoms with E-state index in [9.17, 15) is 4.79 Å². The lowest BCUT2D eigenvalue weighted by atomic mass is 9.85. The van der Waals surface area contributed by atoms with Crippen molar-refractivity contribution < 1.29 is 4.79 Å². The molecule has 1 fully saturated rings. The van der Waals surface area contributed by atoms with E-state index in [1.165, 1.54) is 19.3 Å². The van der Waals surface area contributed by atoms with E-state index in [4.69, 9.17) is 5.73 Å². The lowest BCUT2D eigenvalue weighted by molar-refractivity contribution is 0.0628. The molecule has 0 heterocycles. The molecule has 0 bridgehead atoms. The molecule has 1 aromatic carbocycles. The standard InChI is InChI=1S/C16H24N2O/c1-11-7-4-5-10-15(11)18(3)16(19)13-8-6-9-14(17)12(13)2/h6,8-9,11,15H,4-5,7,10,17H2,1-3H3. The van der Waals surface area contributed by atoms with Gasteiger partial charge in [-0.15, -0.1) is 0 Å². The molecule has 0 aliphatic heterocycles. The highest BCUT2D eigenvalue weighted by Gasteiger charge is 2.28. The van der Waals surface area contributed by atoms with Crippen LogP contribution < -0.4 is 5.73 Å². The Bertz CT molecular complexity index is 470. The van der Waals surface area contributed by atoms with E-state index >= 15 is 0 Å². The smallest absolute Gasteiger partial charge is 0.254 e. The zero-order valence-corrected chi connectivity index (χ0v) is 12.1. The third-order valence-corrected chi connectivity index (χ3v) is 4.49. The highest BCUT2D eigenvalue weighted by molar-refractivity contribution is 5.97. The second-order valence-electron chi connectivity index (χ2n) is 5.76. The van der Waals surface area contributed by atoms with Gasteiger partial charge in [0.05, 0.1) is 0 Å². The third-order valence-electron chi connectivity index (χ3n) is 4.49. The van der Waals surface area contributed by atoms with Crippen LogP contribution in [0.5, 0.6) is 0 Å². The first-order valence-corrected chi connectivity index (χ1v) is 7.14. The molecule has 0 radical (unpaired) electrons. The highest BCUT2D eigenvalue weighted by Crippen LogP contribution is 2.29. The van der Waals surface area contributed by atoms with Crippen molar-refractivity contribution in [1.29, 1.82) is 0 Å². The summed E-state index contributed by atoms with van der Waals surface area (Å²) < 4.78 is 0. The molecule has 0 aromatic heterocycles. The fraction of sp³-hybridized carbons (Fsp3) is 0.562. The number of rotatable bonds is 2. The Kier molecular flexibility index (Phi) is 4.13. The second kappa shape index (κ2) is 5.64. The summed E-state index contributed by atoms with van der Waals surface area (Å²) in [6.07, 6.45) is 4.85. The van der Waals surface area contributed by atoms with E-state index in [1.54, 1.807) is 0 Å². The summed E-state index contributed by atoms with van der Waals surface area (Å²) in [5.41, 5.74) is 8.21. The van der Waals surface area contributed by atoms with Gasteiger partial charge in [0.2, 0.25) is 0 Å². The molecule has 1 aliphatic rings. The monoisotopic (exact) mass is 260 g/mol. The number of anilines is 1. The zero-order chi connectivity index (χ0) is 14.0. The molecule has 0 saturated heterocycles. The van der Waals surface area contributed by atoms with Crippen molar-refractivity contribution in [3.05, 3.63) is 29.3 Å². The summed E-state index contributed by atoms with van der Waals surface area (Å²) >= 11 is 0. The fourth-order valence-corrected chi connectivity index (χ4v) is 3.10. The van der Waals surface area contributed by atoms with Crippen LogP contribution in [0.4, 0.5) is 5.69 Å². The minimum absolute atomic E-state index is 0.101. The summed E-state index contributed by atoms with van der Waals surface area (Å²) in [5, 5.41) is 0. The molecule has 1 saturated carbocycles. The lowest BCUT2D eigenvalue weighted by Gasteiger charge is -2.36. The van der Waals surface area contributed by atoms with Crippen molar-refractivity contribution in [2.24, 2.45) is 5.92 Å². The maximum atomic E-state index is 12.6. The molecule has 2 atom stereocenters. The molecule has 3 heteroatoms. The van der Waals surface area contributed by atoms with Gasteiger partial charge in [0.15, 0.2) is 0 Å². The Labute approximate surface area is 115 Å². The first kappa shape index (κ1) is 13.9. The minimum atomic E-state index is 0.101. The highest BCUT2D eigenvalue weighted by atomic mass is 16.2. The van der Waals surface area contributed by atoms with Crippen molar-refractivity contribution in [2.75, 3.05) is 12.8 Å². The maximum Gasteiger partial charge on any atom is 0.254 e. The van der Waals surface area contributed by atoms with Gasteiger partial charge in [-0.25, -0.2) is 0 Å². The third kappa shape index (κ3) is 2.75. The molecule has 2 rings (SSSR count). The molecular formula is C16H24N2O. The molecule has 2 unspecified atom stereocenters. The summed E-state index contributed by atoms with van der Waals surface area (Å²) in [6.45, 7) is 4.17. The van der Waals surface area contributed by atoms with Crippen LogP contribution in [0.1, 0.15) is 48.5 Å². The van der Waals surface area contributed by atoms with Crippen molar-refractivity contribution >= 4 is 11.6 Å². The summed E-state index contributed by atoms with van der Waals surface area (Å²) in [4.78, 5) is 14.6. The van der Waals surface area contributed by atoms with Crippen LogP contribution in [0.15, 0.2) is 18.2 Å². The number of nitrogens with zero attached hydrogens (tertiary/aromatic N) is 1. The number of nitrogen functional groups attached to an aromatic ring is 1. The van der Waals surface area contributed by atoms with Crippen molar-refractivity contribution in [2.45, 2.75) is 45.6 Å². The molecule has 1 amide bonds. The number of carbonyl (C=O) groups excluding carboxylic acids is 1. The Morgan fingerprint density at radius 1 is 1.32 bits per heavy atom. The normalized spacial score (nSPS) is 23.1. The van der Waals surface area contributed by atoms with Gasteiger partial charge in [-0.2, -0.15) is 0 Å². The molecule has 104 valence electrons. The Morgan fingerprint density at radius 3 is 2.68 bits per heavy atom. The maximum absolute atomic E-state index is 12.6. The first-order chi connectivity index (χ1) is 9.02. The van der Waals surface area contributed by atoms with Crippen molar-refractivity contribution in [3.63, 3.8) is 0 Å². The largest absolute Gasteiger partial charge is 0.398 e. The van der Waals surface area contributed by atoms with Crippen LogP contribution in [0.25, 0.3) is 0 Å². The van der Waals surface area contributed by atoms with E-state index in [0.717, 1.165) is 17.5 Å². The Balaban J connectivity index is 2.21. The van der Waals surface area contributed by atoms with Gasteiger partial charge in [-0.3, -0.25) is 4.79 Å². The van der Waals surface area contributed by atoms with Crippen LogP contribution in [-0.2, 0) is 0 Å². The van der Waals surface area contributed by atoms with Gasteiger partial charge in [0.1, 0.15) is 0 Å². The van der Waals surface area contributed by atoms with Crippen LogP contribution in [0, 0.1) is 12.8 Å². The SMILES string of the molecule is Cc1c(N)cccc1C(=O)N(C)C1CCCCC1C. The van der Waals surface area contributed by atoms with Crippen molar-refractivity contribution in [1.82, 2.24) is 4.90 Å². The van der Waals surface area contributed by atoms with Gasteiger partial charge in [0, 0.05) is 24.3 Å². The van der Waals surface area contributed by atoms with Crippen molar-refractivity contribution in [3.8, 4) is 0 Å². The number of hydrogen-bond donors (Lipinski definition) is 1. The van der Waals surface area contributed by atoms with E-state index in [0.29, 0.717) is 17.6 Å². The van der Waals surface area contributed by atoms with E-state index in [-0.39, 0.29) is 5.91 Å². The Morgan fingerprint density at radius 2 is 2.00 bits per heavy atom. The zero-order valence-electron chi connectivity index (χ0n) is 12.1. The number of carbonyl (C=O) groups is 1. The quantitative estimate of drug-likeness (QED) is 0.830. The fourth-order valence-electron chi connectivity index (χ4n) is 3.10. The predicted octanol–water partition coefficient (Wildman–Crippen LogP) is 3.23. The minimum Gasteiger partial charge on any atom is -0.398 e. The van der Waals surface area contributed by atoms with Gasteiger partial charge in [-0.1, -0.05) is 25.8 Å². The van der Waals surface area contributed by atoms with Gasteiger partial charge >= 0.3 is 0 Å². The Hall–Kier alpha value is -1.51. The number of benzene rings is 1. The molecule has 1 aromatic rings. The van der Waals surface area contributed by atoms with E-state index < -0.39 is 0 Å². The van der Waals surface area contributed by atoms with Gasteiger partial charge in [-0.05, 0) is 43.4 Å². The molecule has 2 N–H and O–H groups in total. The summed E-state index contributed by atoms with van der Waals surface area (Å²) in [5.74, 6) is 0.688. The predicted molar refractivity (Wildman–Crippen MR) is 79.1 cm³/mol. The summed E-state index contributed by atoms with van der Waals surface area (Å²) in [6, 6.07) is 5.93. The number of amides is 1. The second-order valence-corrected chi connectivity index (χ2v) is 5.76. The molecule has 1 aliphatic carbocycles. The van der Waals surface area contributed by atoms with Gasteiger partial charge in [0.25, 0.3) is 5.91 Å².